The number of hydrogen-bond acceptors (Lipinski definition) is 5. The zero-order chi connectivity index (χ0) is 25.4. The number of hydrogen-bond donors (Lipinski definition) is 2. The predicted molar refractivity (Wildman–Crippen MR) is 141 cm³/mol. The highest BCUT2D eigenvalue weighted by atomic mass is 16.5. The van der Waals surface area contributed by atoms with Crippen molar-refractivity contribution < 1.29 is 14.3 Å². The molecule has 0 radical (unpaired) electrons. The lowest BCUT2D eigenvalue weighted by molar-refractivity contribution is 0.0772. The highest BCUT2D eigenvalue weighted by Gasteiger charge is 2.57. The standard InChI is InChI=1S/C29H32N4O3/c1-17(2)31-26-12-9-21(14-30-26)28(34)32-25-13-20(6-5-18(25)3)29(35)33-15-23-24(16-33)27(23)19-7-10-22(36-4)11-8-19/h5-14,17,23-24,27H,15-16H2,1-4H3,(H,30,31)(H,32,34)/t23-,24?,27+/m0/s1. The van der Waals surface area contributed by atoms with Gasteiger partial charge < -0.3 is 20.3 Å². The van der Waals surface area contributed by atoms with Crippen molar-refractivity contribution in [3.05, 3.63) is 83.0 Å². The van der Waals surface area contributed by atoms with E-state index in [2.05, 4.69) is 27.8 Å². The second kappa shape index (κ2) is 9.64. The first-order valence-electron chi connectivity index (χ1n) is 12.4. The second-order valence-electron chi connectivity index (χ2n) is 10.1. The molecular weight excluding hydrogens is 452 g/mol. The molecule has 0 bridgehead atoms. The van der Waals surface area contributed by atoms with E-state index in [0.717, 1.165) is 30.2 Å². The summed E-state index contributed by atoms with van der Waals surface area (Å²) in [6.07, 6.45) is 1.56. The highest BCUT2D eigenvalue weighted by molar-refractivity contribution is 6.05. The fourth-order valence-electron chi connectivity index (χ4n) is 5.19. The van der Waals surface area contributed by atoms with E-state index in [1.807, 2.05) is 49.9 Å². The van der Waals surface area contributed by atoms with Gasteiger partial charge in [0.15, 0.2) is 0 Å². The Morgan fingerprint density at radius 1 is 1.00 bits per heavy atom. The van der Waals surface area contributed by atoms with Crippen LogP contribution in [0.25, 0.3) is 0 Å². The molecule has 1 saturated carbocycles. The Kier molecular flexibility index (Phi) is 6.39. The summed E-state index contributed by atoms with van der Waals surface area (Å²) in [6.45, 7) is 7.51. The maximum Gasteiger partial charge on any atom is 0.257 e. The van der Waals surface area contributed by atoms with Gasteiger partial charge in [0.25, 0.3) is 11.8 Å². The number of carbonyl (C=O) groups is 2. The van der Waals surface area contributed by atoms with Crippen molar-refractivity contribution in [2.24, 2.45) is 11.8 Å². The van der Waals surface area contributed by atoms with Crippen LogP contribution in [0.15, 0.2) is 60.8 Å². The number of aromatic nitrogens is 1. The maximum absolute atomic E-state index is 13.3. The summed E-state index contributed by atoms with van der Waals surface area (Å²) in [5.74, 6) is 2.88. The van der Waals surface area contributed by atoms with Crippen LogP contribution in [0.5, 0.6) is 5.75 Å². The maximum atomic E-state index is 13.3. The lowest BCUT2D eigenvalue weighted by Gasteiger charge is -2.21. The van der Waals surface area contributed by atoms with Gasteiger partial charge in [-0.25, -0.2) is 4.98 Å². The van der Waals surface area contributed by atoms with E-state index in [0.29, 0.717) is 34.6 Å². The highest BCUT2D eigenvalue weighted by Crippen LogP contribution is 2.58. The molecule has 3 aromatic rings. The Morgan fingerprint density at radius 3 is 2.31 bits per heavy atom. The summed E-state index contributed by atoms with van der Waals surface area (Å²) < 4.78 is 5.26. The number of ether oxygens (including phenoxy) is 1. The number of anilines is 2. The molecule has 1 aliphatic heterocycles. The number of amides is 2. The molecule has 1 aromatic heterocycles. The van der Waals surface area contributed by atoms with Crippen LogP contribution in [-0.2, 0) is 0 Å². The van der Waals surface area contributed by atoms with Crippen LogP contribution in [0.1, 0.15) is 51.6 Å². The van der Waals surface area contributed by atoms with Crippen LogP contribution in [0.2, 0.25) is 0 Å². The van der Waals surface area contributed by atoms with E-state index in [4.69, 9.17) is 4.74 Å². The normalized spacial score (nSPS) is 20.1. The van der Waals surface area contributed by atoms with E-state index in [9.17, 15) is 9.59 Å². The van der Waals surface area contributed by atoms with E-state index in [-0.39, 0.29) is 17.9 Å². The number of benzene rings is 2. The molecular formula is C29H32N4O3. The van der Waals surface area contributed by atoms with E-state index in [1.54, 1.807) is 31.5 Å². The topological polar surface area (TPSA) is 83.6 Å². The van der Waals surface area contributed by atoms with Crippen LogP contribution < -0.4 is 15.4 Å². The third kappa shape index (κ3) is 4.78. The SMILES string of the molecule is COc1ccc([C@H]2C3CN(C(=O)c4ccc(C)c(NC(=O)c5ccc(NC(C)C)nc5)c4)C[C@@H]32)cc1. The number of pyridine rings is 1. The minimum Gasteiger partial charge on any atom is -0.497 e. The predicted octanol–water partition coefficient (Wildman–Crippen LogP) is 4.96. The van der Waals surface area contributed by atoms with Crippen LogP contribution in [0.3, 0.4) is 0 Å². The molecule has 7 heteroatoms. The molecule has 2 N–H and O–H groups in total. The van der Waals surface area contributed by atoms with Crippen molar-refractivity contribution in [1.29, 1.82) is 0 Å². The van der Waals surface area contributed by atoms with E-state index in [1.165, 1.54) is 5.56 Å². The molecule has 2 amide bonds. The molecule has 1 saturated heterocycles. The molecule has 2 aliphatic rings. The summed E-state index contributed by atoms with van der Waals surface area (Å²) >= 11 is 0. The van der Waals surface area contributed by atoms with Crippen LogP contribution in [0, 0.1) is 18.8 Å². The average molecular weight is 485 g/mol. The van der Waals surface area contributed by atoms with E-state index < -0.39 is 0 Å². The fourth-order valence-corrected chi connectivity index (χ4v) is 5.19. The number of nitrogens with one attached hydrogen (secondary N) is 2. The average Bonchev–Trinajstić information content (AvgIpc) is 3.37. The lowest BCUT2D eigenvalue weighted by Crippen LogP contribution is -2.31. The molecule has 36 heavy (non-hydrogen) atoms. The summed E-state index contributed by atoms with van der Waals surface area (Å²) in [6, 6.07) is 17.6. The van der Waals surface area contributed by atoms with Crippen molar-refractivity contribution in [2.45, 2.75) is 32.7 Å². The minimum absolute atomic E-state index is 0.0111. The Labute approximate surface area is 211 Å². The summed E-state index contributed by atoms with van der Waals surface area (Å²) in [7, 11) is 1.67. The van der Waals surface area contributed by atoms with E-state index >= 15 is 0 Å². The third-order valence-corrected chi connectivity index (χ3v) is 7.18. The Morgan fingerprint density at radius 2 is 1.69 bits per heavy atom. The summed E-state index contributed by atoms with van der Waals surface area (Å²) in [5, 5.41) is 6.16. The molecule has 3 atom stereocenters. The Balaban J connectivity index is 1.22. The number of aryl methyl sites for hydroxylation is 1. The molecule has 2 aromatic carbocycles. The molecule has 1 aliphatic carbocycles. The number of methoxy groups -OCH3 is 1. The number of carbonyl (C=O) groups excluding carboxylic acids is 2. The Bertz CT molecular complexity index is 1260. The van der Waals surface area contributed by atoms with Gasteiger partial charge in [-0.2, -0.15) is 0 Å². The van der Waals surface area contributed by atoms with Gasteiger partial charge in [0.1, 0.15) is 11.6 Å². The van der Waals surface area contributed by atoms with Crippen LogP contribution in [0.4, 0.5) is 11.5 Å². The number of nitrogens with zero attached hydrogens (tertiary/aromatic N) is 2. The van der Waals surface area contributed by atoms with Gasteiger partial charge in [0.05, 0.1) is 12.7 Å². The van der Waals surface area contributed by atoms with Gasteiger partial charge in [-0.15, -0.1) is 0 Å². The quantitative estimate of drug-likeness (QED) is 0.495. The number of likely N-dealkylation sites (tertiary alicyclic amines) is 1. The molecule has 2 fully saturated rings. The van der Waals surface area contributed by atoms with Gasteiger partial charge in [0, 0.05) is 36.6 Å². The fraction of sp³-hybridized carbons (Fsp3) is 0.345. The van der Waals surface area contributed by atoms with Gasteiger partial charge in [-0.1, -0.05) is 18.2 Å². The smallest absolute Gasteiger partial charge is 0.257 e. The lowest BCUT2D eigenvalue weighted by atomic mass is 10.1. The monoisotopic (exact) mass is 484 g/mol. The minimum atomic E-state index is -0.254. The van der Waals surface area contributed by atoms with Crippen molar-refractivity contribution in [1.82, 2.24) is 9.88 Å². The first kappa shape index (κ1) is 23.9. The van der Waals surface area contributed by atoms with Crippen LogP contribution >= 0.6 is 0 Å². The van der Waals surface area contributed by atoms with Crippen molar-refractivity contribution in [2.75, 3.05) is 30.8 Å². The number of rotatable bonds is 7. The first-order chi connectivity index (χ1) is 17.3. The van der Waals surface area contributed by atoms with Gasteiger partial charge in [-0.3, -0.25) is 9.59 Å². The number of piperidine rings is 1. The van der Waals surface area contributed by atoms with Gasteiger partial charge in [0.2, 0.25) is 0 Å². The van der Waals surface area contributed by atoms with Crippen LogP contribution in [-0.4, -0.2) is 47.9 Å². The molecule has 0 spiro atoms. The molecule has 7 nitrogen and oxygen atoms in total. The van der Waals surface area contributed by atoms with Gasteiger partial charge in [-0.05, 0) is 86.1 Å². The zero-order valence-electron chi connectivity index (χ0n) is 21.1. The Hall–Kier alpha value is -3.87. The zero-order valence-corrected chi connectivity index (χ0v) is 21.1. The molecule has 186 valence electrons. The largest absolute Gasteiger partial charge is 0.497 e. The molecule has 5 rings (SSSR count). The van der Waals surface area contributed by atoms with Gasteiger partial charge >= 0.3 is 0 Å². The van der Waals surface area contributed by atoms with Crippen molar-refractivity contribution in [3.8, 4) is 5.75 Å². The van der Waals surface area contributed by atoms with Crippen molar-refractivity contribution in [3.63, 3.8) is 0 Å². The second-order valence-corrected chi connectivity index (χ2v) is 10.1. The summed E-state index contributed by atoms with van der Waals surface area (Å²) in [5.41, 5.74) is 3.91. The number of fused-ring (bicyclic) bond motifs is 1. The first-order valence-corrected chi connectivity index (χ1v) is 12.4. The third-order valence-electron chi connectivity index (χ3n) is 7.18. The molecule has 2 heterocycles. The summed E-state index contributed by atoms with van der Waals surface area (Å²) in [4.78, 5) is 32.3. The molecule has 1 unspecified atom stereocenters. The van der Waals surface area contributed by atoms with Crippen molar-refractivity contribution >= 4 is 23.3 Å².